The Labute approximate surface area is 104 Å². The van der Waals surface area contributed by atoms with E-state index in [0.29, 0.717) is 0 Å². The van der Waals surface area contributed by atoms with Crippen molar-refractivity contribution in [1.29, 1.82) is 0 Å². The molecule has 0 aromatic heterocycles. The molecule has 1 aliphatic heterocycles. The van der Waals surface area contributed by atoms with Gasteiger partial charge in [0.05, 0.1) is 12.1 Å². The third kappa shape index (κ3) is 1.84. The molecule has 3 rings (SSSR count). The van der Waals surface area contributed by atoms with Gasteiger partial charge in [0.15, 0.2) is 5.96 Å². The minimum absolute atomic E-state index is 0.277. The Balaban J connectivity index is 1.80. The topological polar surface area (TPSA) is 41.6 Å². The Morgan fingerprint density at radius 1 is 1.35 bits per heavy atom. The highest BCUT2D eigenvalue weighted by Gasteiger charge is 2.49. The Bertz CT molecular complexity index is 334. The highest BCUT2D eigenvalue weighted by molar-refractivity contribution is 5.81. The monoisotopic (exact) mass is 235 g/mol. The molecule has 3 atom stereocenters. The maximum Gasteiger partial charge on any atom is 0.191 e. The Morgan fingerprint density at radius 3 is 2.76 bits per heavy atom. The molecule has 0 bridgehead atoms. The SMILES string of the molecule is CC1CCC2(CN=C(N)N2CC2CC2)C(C)C1. The van der Waals surface area contributed by atoms with Crippen molar-refractivity contribution in [3.8, 4) is 0 Å². The van der Waals surface area contributed by atoms with Crippen LogP contribution in [0.3, 0.4) is 0 Å². The number of nitrogens with two attached hydrogens (primary N) is 1. The summed E-state index contributed by atoms with van der Waals surface area (Å²) in [5.74, 6) is 3.32. The molecular weight excluding hydrogens is 210 g/mol. The van der Waals surface area contributed by atoms with Crippen molar-refractivity contribution in [2.24, 2.45) is 28.5 Å². The lowest BCUT2D eigenvalue weighted by molar-refractivity contribution is 0.0594. The third-order valence-electron chi connectivity index (χ3n) is 5.21. The van der Waals surface area contributed by atoms with Gasteiger partial charge in [-0.05, 0) is 49.9 Å². The van der Waals surface area contributed by atoms with Gasteiger partial charge in [-0.15, -0.1) is 0 Å². The first-order valence-electron chi connectivity index (χ1n) is 7.19. The number of guanidine groups is 1. The highest BCUT2D eigenvalue weighted by Crippen LogP contribution is 2.45. The lowest BCUT2D eigenvalue weighted by Crippen LogP contribution is -2.58. The summed E-state index contributed by atoms with van der Waals surface area (Å²) in [6.45, 7) is 6.89. The molecule has 1 spiro atoms. The van der Waals surface area contributed by atoms with Crippen molar-refractivity contribution in [2.45, 2.75) is 51.5 Å². The van der Waals surface area contributed by atoms with Crippen LogP contribution < -0.4 is 5.73 Å². The molecule has 2 N–H and O–H groups in total. The maximum absolute atomic E-state index is 6.13. The summed E-state index contributed by atoms with van der Waals surface area (Å²) < 4.78 is 0. The van der Waals surface area contributed by atoms with Gasteiger partial charge in [-0.3, -0.25) is 4.99 Å². The van der Waals surface area contributed by atoms with E-state index in [-0.39, 0.29) is 5.54 Å². The third-order valence-corrected chi connectivity index (χ3v) is 5.21. The first-order chi connectivity index (χ1) is 8.12. The molecular formula is C14H25N3. The quantitative estimate of drug-likeness (QED) is 0.797. The van der Waals surface area contributed by atoms with Crippen LogP contribution in [0.25, 0.3) is 0 Å². The summed E-state index contributed by atoms with van der Waals surface area (Å²) >= 11 is 0. The number of hydrogen-bond donors (Lipinski definition) is 1. The average Bonchev–Trinajstić information content (AvgIpc) is 3.04. The number of rotatable bonds is 2. The summed E-state index contributed by atoms with van der Waals surface area (Å²) in [6, 6.07) is 0. The molecule has 17 heavy (non-hydrogen) atoms. The average molecular weight is 235 g/mol. The van der Waals surface area contributed by atoms with Crippen LogP contribution in [-0.2, 0) is 0 Å². The fourth-order valence-electron chi connectivity index (χ4n) is 3.77. The van der Waals surface area contributed by atoms with Crippen LogP contribution in [0.1, 0.15) is 46.0 Å². The predicted molar refractivity (Wildman–Crippen MR) is 70.8 cm³/mol. The van der Waals surface area contributed by atoms with E-state index in [4.69, 9.17) is 5.73 Å². The summed E-state index contributed by atoms with van der Waals surface area (Å²) in [7, 11) is 0. The van der Waals surface area contributed by atoms with Gasteiger partial charge in [-0.2, -0.15) is 0 Å². The molecule has 3 aliphatic rings. The second-order valence-electron chi connectivity index (χ2n) is 6.61. The van der Waals surface area contributed by atoms with Crippen molar-refractivity contribution >= 4 is 5.96 Å². The molecule has 2 aliphatic carbocycles. The first-order valence-corrected chi connectivity index (χ1v) is 7.19. The molecule has 0 aromatic rings. The van der Waals surface area contributed by atoms with Gasteiger partial charge >= 0.3 is 0 Å². The molecule has 3 unspecified atom stereocenters. The maximum atomic E-state index is 6.13. The summed E-state index contributed by atoms with van der Waals surface area (Å²) in [4.78, 5) is 7.04. The summed E-state index contributed by atoms with van der Waals surface area (Å²) in [6.07, 6.45) is 6.75. The Hall–Kier alpha value is -0.730. The number of nitrogens with zero attached hydrogens (tertiary/aromatic N) is 2. The zero-order valence-electron chi connectivity index (χ0n) is 11.2. The van der Waals surface area contributed by atoms with Crippen molar-refractivity contribution < 1.29 is 0 Å². The largest absolute Gasteiger partial charge is 0.370 e. The van der Waals surface area contributed by atoms with Gasteiger partial charge < -0.3 is 10.6 Å². The van der Waals surface area contributed by atoms with E-state index in [1.165, 1.54) is 32.1 Å². The van der Waals surface area contributed by atoms with Crippen molar-refractivity contribution in [3.63, 3.8) is 0 Å². The lowest BCUT2D eigenvalue weighted by Gasteiger charge is -2.48. The fourth-order valence-corrected chi connectivity index (χ4v) is 3.77. The van der Waals surface area contributed by atoms with Gasteiger partial charge in [-0.25, -0.2) is 0 Å². The molecule has 1 heterocycles. The first kappa shape index (κ1) is 11.4. The highest BCUT2D eigenvalue weighted by atomic mass is 15.4. The predicted octanol–water partition coefficient (Wildman–Crippen LogP) is 2.22. The van der Waals surface area contributed by atoms with E-state index < -0.39 is 0 Å². The van der Waals surface area contributed by atoms with Crippen molar-refractivity contribution in [1.82, 2.24) is 4.90 Å². The van der Waals surface area contributed by atoms with Crippen molar-refractivity contribution in [3.05, 3.63) is 0 Å². The van der Waals surface area contributed by atoms with E-state index in [0.717, 1.165) is 36.8 Å². The zero-order valence-corrected chi connectivity index (χ0v) is 11.2. The smallest absolute Gasteiger partial charge is 0.191 e. The van der Waals surface area contributed by atoms with E-state index in [2.05, 4.69) is 23.7 Å². The molecule has 2 fully saturated rings. The van der Waals surface area contributed by atoms with E-state index in [1.54, 1.807) is 0 Å². The Morgan fingerprint density at radius 2 is 2.12 bits per heavy atom. The van der Waals surface area contributed by atoms with Crippen molar-refractivity contribution in [2.75, 3.05) is 13.1 Å². The lowest BCUT2D eigenvalue weighted by atomic mass is 9.69. The van der Waals surface area contributed by atoms with Crippen LogP contribution in [0.2, 0.25) is 0 Å². The summed E-state index contributed by atoms with van der Waals surface area (Å²) in [5, 5.41) is 0. The standard InChI is InChI=1S/C14H25N3/c1-10-5-6-14(11(2)7-10)9-16-13(15)17(14)8-12-3-4-12/h10-12H,3-9H2,1-2H3,(H2,15,16). The van der Waals surface area contributed by atoms with Crippen LogP contribution in [0.4, 0.5) is 0 Å². The molecule has 96 valence electrons. The van der Waals surface area contributed by atoms with Crippen LogP contribution in [0.5, 0.6) is 0 Å². The van der Waals surface area contributed by atoms with Crippen LogP contribution in [0, 0.1) is 17.8 Å². The fraction of sp³-hybridized carbons (Fsp3) is 0.929. The minimum atomic E-state index is 0.277. The van der Waals surface area contributed by atoms with Gasteiger partial charge in [0.2, 0.25) is 0 Å². The van der Waals surface area contributed by atoms with Gasteiger partial charge in [0, 0.05) is 6.54 Å². The number of hydrogen-bond acceptors (Lipinski definition) is 3. The number of aliphatic imine (C=N–C) groups is 1. The second-order valence-corrected chi connectivity index (χ2v) is 6.61. The van der Waals surface area contributed by atoms with Gasteiger partial charge in [-0.1, -0.05) is 13.8 Å². The van der Waals surface area contributed by atoms with Crippen LogP contribution >= 0.6 is 0 Å². The molecule has 0 radical (unpaired) electrons. The molecule has 2 saturated carbocycles. The zero-order chi connectivity index (χ0) is 12.0. The minimum Gasteiger partial charge on any atom is -0.370 e. The van der Waals surface area contributed by atoms with Crippen LogP contribution in [-0.4, -0.2) is 29.5 Å². The molecule has 3 heteroatoms. The molecule has 0 aromatic carbocycles. The summed E-state index contributed by atoms with van der Waals surface area (Å²) in [5.41, 5.74) is 6.41. The molecule has 3 nitrogen and oxygen atoms in total. The van der Waals surface area contributed by atoms with Gasteiger partial charge in [0.1, 0.15) is 0 Å². The van der Waals surface area contributed by atoms with Gasteiger partial charge in [0.25, 0.3) is 0 Å². The Kier molecular flexibility index (Phi) is 2.60. The van der Waals surface area contributed by atoms with E-state index in [1.807, 2.05) is 0 Å². The molecule has 0 saturated heterocycles. The van der Waals surface area contributed by atoms with E-state index in [9.17, 15) is 0 Å². The molecule has 0 amide bonds. The van der Waals surface area contributed by atoms with E-state index >= 15 is 0 Å². The second kappa shape index (κ2) is 3.89. The van der Waals surface area contributed by atoms with Crippen LogP contribution in [0.15, 0.2) is 4.99 Å². The normalized spacial score (nSPS) is 42.0.